The average Bonchev–Trinajstić information content (AvgIpc) is 2.38. The number of nitrogens with one attached hydrogen (secondary N) is 1. The molecule has 1 rings (SSSR count). The first-order chi connectivity index (χ1) is 9.34. The van der Waals surface area contributed by atoms with Gasteiger partial charge < -0.3 is 9.26 Å². The van der Waals surface area contributed by atoms with E-state index >= 15 is 0 Å². The molecule has 0 aliphatic heterocycles. The van der Waals surface area contributed by atoms with Gasteiger partial charge in [0.2, 0.25) is 0 Å². The van der Waals surface area contributed by atoms with Crippen molar-refractivity contribution < 1.29 is 18.6 Å². The highest BCUT2D eigenvalue weighted by atomic mass is 127. The maximum absolute atomic E-state index is 12.1. The molecule has 0 saturated heterocycles. The van der Waals surface area contributed by atoms with Crippen LogP contribution in [0.15, 0.2) is 30.3 Å². The molecule has 0 saturated carbocycles. The Morgan fingerprint density at radius 1 is 1.45 bits per heavy atom. The van der Waals surface area contributed by atoms with Crippen molar-refractivity contribution >= 4 is 46.7 Å². The number of esters is 1. The topological polar surface area (TPSA) is 64.6 Å². The third-order valence-electron chi connectivity index (χ3n) is 2.23. The first kappa shape index (κ1) is 17.8. The minimum absolute atomic E-state index is 0.228. The van der Waals surface area contributed by atoms with Crippen LogP contribution < -0.4 is 9.61 Å². The Morgan fingerprint density at radius 2 is 2.05 bits per heavy atom. The molecule has 20 heavy (non-hydrogen) atoms. The van der Waals surface area contributed by atoms with Gasteiger partial charge in [0.1, 0.15) is 11.8 Å². The molecule has 5 nitrogen and oxygen atoms in total. The summed E-state index contributed by atoms with van der Waals surface area (Å²) in [5.74, 6) is -0.164. The molecule has 8 heteroatoms. The molecule has 0 aliphatic rings. The quantitative estimate of drug-likeness (QED) is 0.305. The second kappa shape index (κ2) is 8.22. The molecule has 1 aromatic rings. The van der Waals surface area contributed by atoms with Gasteiger partial charge in [-0.2, -0.15) is 0 Å². The molecule has 0 amide bonds. The van der Waals surface area contributed by atoms with E-state index in [2.05, 4.69) is 5.09 Å². The lowest BCUT2D eigenvalue weighted by atomic mass is 10.3. The Hall–Kier alpha value is -0.300. The molecule has 0 bridgehead atoms. The highest BCUT2D eigenvalue weighted by Gasteiger charge is 2.28. The van der Waals surface area contributed by atoms with Crippen LogP contribution in [0.1, 0.15) is 20.3 Å². The highest BCUT2D eigenvalue weighted by molar-refractivity contribution is 14.1. The molecule has 0 aromatic heterocycles. The van der Waals surface area contributed by atoms with E-state index in [9.17, 15) is 9.36 Å². The lowest BCUT2D eigenvalue weighted by Crippen LogP contribution is -2.34. The second-order valence-corrected chi connectivity index (χ2v) is 8.11. The Morgan fingerprint density at radius 3 is 2.60 bits per heavy atom. The molecule has 1 aromatic carbocycles. The van der Waals surface area contributed by atoms with Gasteiger partial charge >= 0.3 is 12.8 Å². The molecule has 0 aliphatic carbocycles. The summed E-state index contributed by atoms with van der Waals surface area (Å²) in [5.41, 5.74) is 0. The maximum Gasteiger partial charge on any atom is 0.409 e. The third kappa shape index (κ3) is 6.43. The van der Waals surface area contributed by atoms with E-state index in [1.54, 1.807) is 30.3 Å². The molecule has 0 heterocycles. The van der Waals surface area contributed by atoms with Gasteiger partial charge in [-0.1, -0.05) is 25.1 Å². The van der Waals surface area contributed by atoms with Gasteiger partial charge in [0.15, 0.2) is 4.11 Å². The summed E-state index contributed by atoms with van der Waals surface area (Å²) >= 11 is 7.80. The standard InChI is InChI=1S/C12H16ClINO4P/c1-3-11(14)18-12(16)9(2)15-20(13,17)19-10-7-5-4-6-8-10/h4-9,11H,3H2,1-2H3,(H,15,17)/t9-,11?,20?/m0/s1. The van der Waals surface area contributed by atoms with E-state index < -0.39 is 18.9 Å². The number of rotatable bonds is 7. The van der Waals surface area contributed by atoms with Crippen molar-refractivity contribution in [3.05, 3.63) is 30.3 Å². The van der Waals surface area contributed by atoms with Gasteiger partial charge in [0.05, 0.1) is 0 Å². The molecule has 3 atom stereocenters. The monoisotopic (exact) mass is 431 g/mol. The largest absolute Gasteiger partial charge is 0.451 e. The van der Waals surface area contributed by atoms with E-state index in [0.717, 1.165) is 0 Å². The van der Waals surface area contributed by atoms with Crippen LogP contribution in [-0.2, 0) is 14.1 Å². The minimum atomic E-state index is -3.66. The molecular weight excluding hydrogens is 415 g/mol. The van der Waals surface area contributed by atoms with Crippen LogP contribution in [0.2, 0.25) is 0 Å². The molecule has 0 fully saturated rings. The fourth-order valence-corrected chi connectivity index (χ4v) is 3.18. The first-order valence-corrected chi connectivity index (χ1v) is 9.78. The smallest absolute Gasteiger partial charge is 0.409 e. The van der Waals surface area contributed by atoms with Crippen molar-refractivity contribution in [2.24, 2.45) is 0 Å². The Bertz CT molecular complexity index is 488. The zero-order valence-electron chi connectivity index (χ0n) is 11.1. The third-order valence-corrected chi connectivity index (χ3v) is 5.01. The van der Waals surface area contributed by atoms with E-state index in [1.807, 2.05) is 29.5 Å². The zero-order chi connectivity index (χ0) is 15.2. The molecule has 112 valence electrons. The maximum atomic E-state index is 12.1. The SMILES string of the molecule is CCC(I)OC(=O)[C@H](C)NP(=O)(Cl)Oc1ccccc1. The van der Waals surface area contributed by atoms with Crippen molar-refractivity contribution in [2.75, 3.05) is 0 Å². The number of carbonyl (C=O) groups excluding carboxylic acids is 1. The lowest BCUT2D eigenvalue weighted by molar-refractivity contribution is -0.146. The van der Waals surface area contributed by atoms with Crippen LogP contribution in [-0.4, -0.2) is 16.1 Å². The van der Waals surface area contributed by atoms with E-state index in [4.69, 9.17) is 20.5 Å². The van der Waals surface area contributed by atoms with Gasteiger partial charge in [-0.3, -0.25) is 4.79 Å². The van der Waals surface area contributed by atoms with Gasteiger partial charge in [0.25, 0.3) is 0 Å². The van der Waals surface area contributed by atoms with Crippen LogP contribution in [0.25, 0.3) is 0 Å². The Balaban J connectivity index is 2.57. The number of para-hydroxylation sites is 1. The summed E-state index contributed by atoms with van der Waals surface area (Å²) in [6.07, 6.45) is 0.693. The summed E-state index contributed by atoms with van der Waals surface area (Å²) in [7, 11) is 0. The van der Waals surface area contributed by atoms with Crippen molar-refractivity contribution in [3.8, 4) is 5.75 Å². The Kier molecular flexibility index (Phi) is 7.29. The zero-order valence-corrected chi connectivity index (χ0v) is 14.9. The lowest BCUT2D eigenvalue weighted by Gasteiger charge is -2.19. The number of alkyl halides is 1. The fraction of sp³-hybridized carbons (Fsp3) is 0.417. The minimum Gasteiger partial charge on any atom is -0.451 e. The van der Waals surface area contributed by atoms with E-state index in [-0.39, 0.29) is 4.11 Å². The molecule has 1 N–H and O–H groups in total. The van der Waals surface area contributed by atoms with Gasteiger partial charge in [-0.25, -0.2) is 9.65 Å². The highest BCUT2D eigenvalue weighted by Crippen LogP contribution is 2.48. The fourth-order valence-electron chi connectivity index (χ4n) is 1.24. The molecule has 2 unspecified atom stereocenters. The Labute approximate surface area is 136 Å². The molecule has 0 spiro atoms. The van der Waals surface area contributed by atoms with E-state index in [0.29, 0.717) is 12.2 Å². The summed E-state index contributed by atoms with van der Waals surface area (Å²) in [4.78, 5) is 11.7. The predicted octanol–water partition coefficient (Wildman–Crippen LogP) is 4.10. The van der Waals surface area contributed by atoms with Gasteiger partial charge in [-0.05, 0) is 48.1 Å². The van der Waals surface area contributed by atoms with Crippen molar-refractivity contribution in [2.45, 2.75) is 30.4 Å². The molecular formula is C12H16ClINO4P. The van der Waals surface area contributed by atoms with Crippen molar-refractivity contribution in [1.82, 2.24) is 5.09 Å². The predicted molar refractivity (Wildman–Crippen MR) is 87.3 cm³/mol. The summed E-state index contributed by atoms with van der Waals surface area (Å²) in [6, 6.07) is 7.67. The summed E-state index contributed by atoms with van der Waals surface area (Å²) in [6.45, 7) is -0.243. The van der Waals surface area contributed by atoms with Crippen molar-refractivity contribution in [3.63, 3.8) is 0 Å². The number of carbonyl (C=O) groups is 1. The average molecular weight is 432 g/mol. The van der Waals surface area contributed by atoms with Crippen LogP contribution in [0.3, 0.4) is 0 Å². The van der Waals surface area contributed by atoms with Crippen LogP contribution in [0.4, 0.5) is 0 Å². The first-order valence-electron chi connectivity index (χ1n) is 6.00. The summed E-state index contributed by atoms with van der Waals surface area (Å²) < 4.78 is 22.1. The van der Waals surface area contributed by atoms with Crippen LogP contribution in [0, 0.1) is 0 Å². The summed E-state index contributed by atoms with van der Waals surface area (Å²) in [5, 5.41) is 2.45. The van der Waals surface area contributed by atoms with Crippen LogP contribution in [0.5, 0.6) is 5.75 Å². The van der Waals surface area contributed by atoms with Crippen molar-refractivity contribution in [1.29, 1.82) is 0 Å². The van der Waals surface area contributed by atoms with Crippen LogP contribution >= 0.6 is 40.7 Å². The number of hydrogen-bond donors (Lipinski definition) is 1. The van der Waals surface area contributed by atoms with E-state index in [1.165, 1.54) is 6.92 Å². The number of halogens is 2. The molecule has 0 radical (unpaired) electrons. The number of hydrogen-bond acceptors (Lipinski definition) is 4. The number of benzene rings is 1. The second-order valence-electron chi connectivity index (χ2n) is 3.99. The van der Waals surface area contributed by atoms with Gasteiger partial charge in [0, 0.05) is 11.2 Å². The number of ether oxygens (including phenoxy) is 1. The van der Waals surface area contributed by atoms with Gasteiger partial charge in [-0.15, -0.1) is 0 Å². The normalized spacial score (nSPS) is 16.8.